The quantitative estimate of drug-likeness (QED) is 0.283. The van der Waals surface area contributed by atoms with Gasteiger partial charge in [-0.2, -0.15) is 0 Å². The summed E-state index contributed by atoms with van der Waals surface area (Å²) in [6, 6.07) is 12.9. The van der Waals surface area contributed by atoms with Crippen LogP contribution in [0.15, 0.2) is 54.6 Å². The largest absolute Gasteiger partial charge is 0.392 e. The van der Waals surface area contributed by atoms with Crippen molar-refractivity contribution in [3.63, 3.8) is 0 Å². The standard InChI is InChI=1S/C23H25N3O4/c1-23(2,24)20(22(29)26-30)25-21(28)19-13-11-17(12-14-19)6-4-3-5-16-7-9-18(15-27)10-8-16/h3,5,7-14,20,27,30H,15,24H2,1-2H3,(H,25,28)(H,26,29)/t20-/m1/s1. The highest BCUT2D eigenvalue weighted by molar-refractivity contribution is 5.97. The van der Waals surface area contributed by atoms with Crippen LogP contribution in [0.5, 0.6) is 0 Å². The second-order valence-corrected chi connectivity index (χ2v) is 7.28. The molecule has 0 radical (unpaired) electrons. The van der Waals surface area contributed by atoms with Crippen molar-refractivity contribution < 1.29 is 19.9 Å². The first kappa shape index (κ1) is 22.8. The van der Waals surface area contributed by atoms with E-state index in [4.69, 9.17) is 16.0 Å². The molecule has 0 aliphatic heterocycles. The minimum atomic E-state index is -1.11. The predicted octanol–water partition coefficient (Wildman–Crippen LogP) is 1.58. The Morgan fingerprint density at radius 2 is 1.77 bits per heavy atom. The fourth-order valence-electron chi connectivity index (χ4n) is 2.57. The zero-order chi connectivity index (χ0) is 22.1. The number of aliphatic hydroxyl groups is 1. The van der Waals surface area contributed by atoms with Gasteiger partial charge in [0.2, 0.25) is 0 Å². The van der Waals surface area contributed by atoms with Gasteiger partial charge < -0.3 is 16.2 Å². The third kappa shape index (κ3) is 6.57. The van der Waals surface area contributed by atoms with Crippen LogP contribution in [0.25, 0.3) is 6.08 Å². The number of carbonyl (C=O) groups excluding carboxylic acids is 2. The van der Waals surface area contributed by atoms with Crippen LogP contribution >= 0.6 is 0 Å². The Balaban J connectivity index is 2.02. The van der Waals surface area contributed by atoms with Gasteiger partial charge in [0, 0.05) is 16.7 Å². The molecule has 7 nitrogen and oxygen atoms in total. The average Bonchev–Trinajstić information content (AvgIpc) is 2.74. The average molecular weight is 407 g/mol. The van der Waals surface area contributed by atoms with Crippen molar-refractivity contribution in [1.29, 1.82) is 0 Å². The van der Waals surface area contributed by atoms with Crippen molar-refractivity contribution in [2.75, 3.05) is 0 Å². The van der Waals surface area contributed by atoms with E-state index in [9.17, 15) is 9.59 Å². The van der Waals surface area contributed by atoms with Crippen LogP contribution in [-0.2, 0) is 11.4 Å². The Hall–Kier alpha value is -3.44. The number of hydroxylamine groups is 1. The summed E-state index contributed by atoms with van der Waals surface area (Å²) in [5.74, 6) is 4.61. The van der Waals surface area contributed by atoms with E-state index in [1.807, 2.05) is 30.3 Å². The van der Waals surface area contributed by atoms with Crippen LogP contribution in [0.4, 0.5) is 0 Å². The molecule has 2 amide bonds. The van der Waals surface area contributed by atoms with E-state index in [1.165, 1.54) is 5.48 Å². The summed E-state index contributed by atoms with van der Waals surface area (Å²) in [7, 11) is 0. The van der Waals surface area contributed by atoms with Gasteiger partial charge in [0.15, 0.2) is 0 Å². The highest BCUT2D eigenvalue weighted by Gasteiger charge is 2.33. The summed E-state index contributed by atoms with van der Waals surface area (Å²) in [5, 5.41) is 20.4. The molecule has 1 atom stereocenters. The Labute approximate surface area is 175 Å². The third-order valence-electron chi connectivity index (χ3n) is 4.28. The summed E-state index contributed by atoms with van der Waals surface area (Å²) in [5.41, 5.74) is 9.22. The minimum absolute atomic E-state index is 0.0110. The van der Waals surface area contributed by atoms with Crippen LogP contribution in [0.2, 0.25) is 0 Å². The van der Waals surface area contributed by atoms with Crippen LogP contribution in [0.3, 0.4) is 0 Å². The van der Waals surface area contributed by atoms with E-state index in [0.717, 1.165) is 16.7 Å². The zero-order valence-electron chi connectivity index (χ0n) is 16.8. The number of hydrogen-bond donors (Lipinski definition) is 5. The van der Waals surface area contributed by atoms with Gasteiger partial charge in [-0.25, -0.2) is 5.48 Å². The van der Waals surface area contributed by atoms with E-state index >= 15 is 0 Å². The fourth-order valence-corrected chi connectivity index (χ4v) is 2.57. The summed E-state index contributed by atoms with van der Waals surface area (Å²) < 4.78 is 0. The lowest BCUT2D eigenvalue weighted by Gasteiger charge is -2.29. The maximum Gasteiger partial charge on any atom is 0.267 e. The summed E-state index contributed by atoms with van der Waals surface area (Å²) in [4.78, 5) is 24.2. The second-order valence-electron chi connectivity index (χ2n) is 7.28. The van der Waals surface area contributed by atoms with Crippen molar-refractivity contribution in [3.8, 4) is 11.8 Å². The van der Waals surface area contributed by atoms with E-state index in [1.54, 1.807) is 44.2 Å². The molecule has 0 aliphatic carbocycles. The van der Waals surface area contributed by atoms with Gasteiger partial charge in [-0.1, -0.05) is 36.1 Å². The maximum absolute atomic E-state index is 12.4. The molecular formula is C23H25N3O4. The SMILES string of the molecule is CC(C)(N)[C@H](NC(=O)c1ccc(C#CC=Cc2ccc(CO)cc2)cc1)C(=O)NO. The normalized spacial score (nSPS) is 12.0. The Bertz CT molecular complexity index is 963. The van der Waals surface area contributed by atoms with E-state index in [2.05, 4.69) is 17.2 Å². The minimum Gasteiger partial charge on any atom is -0.392 e. The highest BCUT2D eigenvalue weighted by Crippen LogP contribution is 2.09. The van der Waals surface area contributed by atoms with Crippen LogP contribution in [-0.4, -0.2) is 33.7 Å². The maximum atomic E-state index is 12.4. The Morgan fingerprint density at radius 1 is 1.13 bits per heavy atom. The van der Waals surface area contributed by atoms with Gasteiger partial charge in [0.25, 0.3) is 11.8 Å². The predicted molar refractivity (Wildman–Crippen MR) is 114 cm³/mol. The monoisotopic (exact) mass is 407 g/mol. The van der Waals surface area contributed by atoms with Gasteiger partial charge in [-0.05, 0) is 61.4 Å². The van der Waals surface area contributed by atoms with Crippen molar-refractivity contribution in [3.05, 3.63) is 76.9 Å². The number of nitrogens with one attached hydrogen (secondary N) is 2. The first-order valence-electron chi connectivity index (χ1n) is 9.26. The van der Waals surface area contributed by atoms with Crippen molar-refractivity contribution >= 4 is 17.9 Å². The number of carbonyl (C=O) groups is 2. The molecule has 0 aliphatic rings. The molecule has 0 aromatic heterocycles. The van der Waals surface area contributed by atoms with Gasteiger partial charge in [0.1, 0.15) is 6.04 Å². The van der Waals surface area contributed by atoms with Gasteiger partial charge in [-0.3, -0.25) is 14.8 Å². The number of aliphatic hydroxyl groups excluding tert-OH is 1. The van der Waals surface area contributed by atoms with Crippen LogP contribution in [0.1, 0.15) is 40.9 Å². The number of rotatable bonds is 6. The molecule has 30 heavy (non-hydrogen) atoms. The second kappa shape index (κ2) is 10.4. The molecule has 2 aromatic rings. The molecule has 0 spiro atoms. The lowest BCUT2D eigenvalue weighted by atomic mass is 9.95. The topological polar surface area (TPSA) is 125 Å². The van der Waals surface area contributed by atoms with Gasteiger partial charge in [0.05, 0.1) is 6.61 Å². The molecule has 0 bridgehead atoms. The van der Waals surface area contributed by atoms with Crippen LogP contribution in [0, 0.1) is 11.8 Å². The molecule has 0 heterocycles. The van der Waals surface area contributed by atoms with Crippen molar-refractivity contribution in [1.82, 2.24) is 10.8 Å². The molecule has 2 aromatic carbocycles. The fraction of sp³-hybridized carbons (Fsp3) is 0.217. The Morgan fingerprint density at radius 3 is 2.30 bits per heavy atom. The summed E-state index contributed by atoms with van der Waals surface area (Å²) >= 11 is 0. The number of nitrogens with two attached hydrogens (primary N) is 1. The van der Waals surface area contributed by atoms with Crippen molar-refractivity contribution in [2.24, 2.45) is 5.73 Å². The highest BCUT2D eigenvalue weighted by atomic mass is 16.5. The van der Waals surface area contributed by atoms with Gasteiger partial charge in [-0.15, -0.1) is 0 Å². The first-order chi connectivity index (χ1) is 14.2. The molecule has 156 valence electrons. The lowest BCUT2D eigenvalue weighted by molar-refractivity contribution is -0.132. The molecule has 2 rings (SSSR count). The third-order valence-corrected chi connectivity index (χ3v) is 4.28. The van der Waals surface area contributed by atoms with Crippen molar-refractivity contribution in [2.45, 2.75) is 32.0 Å². The van der Waals surface area contributed by atoms with E-state index in [0.29, 0.717) is 5.56 Å². The summed E-state index contributed by atoms with van der Waals surface area (Å²) in [6.07, 6.45) is 3.58. The molecule has 7 heteroatoms. The molecule has 0 saturated carbocycles. The summed E-state index contributed by atoms with van der Waals surface area (Å²) in [6.45, 7) is 3.15. The molecule has 0 unspecified atom stereocenters. The van der Waals surface area contributed by atoms with Gasteiger partial charge >= 0.3 is 0 Å². The molecule has 6 N–H and O–H groups in total. The van der Waals surface area contributed by atoms with E-state index < -0.39 is 23.4 Å². The van der Waals surface area contributed by atoms with Crippen LogP contribution < -0.4 is 16.5 Å². The lowest BCUT2D eigenvalue weighted by Crippen LogP contribution is -2.61. The zero-order valence-corrected chi connectivity index (χ0v) is 16.8. The number of hydrogen-bond acceptors (Lipinski definition) is 5. The molecule has 0 saturated heterocycles. The number of allylic oxidation sites excluding steroid dienone is 1. The smallest absolute Gasteiger partial charge is 0.267 e. The first-order valence-corrected chi connectivity index (χ1v) is 9.26. The van der Waals surface area contributed by atoms with E-state index in [-0.39, 0.29) is 6.61 Å². The molecule has 0 fully saturated rings. The number of amides is 2. The Kier molecular flexibility index (Phi) is 7.90. The number of benzene rings is 2. The molecular weight excluding hydrogens is 382 g/mol.